The van der Waals surface area contributed by atoms with E-state index in [9.17, 15) is 4.79 Å². The summed E-state index contributed by atoms with van der Waals surface area (Å²) in [4.78, 5) is 11.4. The largest absolute Gasteiger partial charge is 0.454 e. The van der Waals surface area contributed by atoms with Crippen molar-refractivity contribution < 1.29 is 4.42 Å². The SMILES string of the molecule is Nn1cc2oc3ccccc3c2cc1=O. The first-order valence-corrected chi connectivity index (χ1v) is 4.55. The first-order chi connectivity index (χ1) is 7.25. The van der Waals surface area contributed by atoms with Crippen LogP contribution in [0.3, 0.4) is 0 Å². The predicted octanol–water partition coefficient (Wildman–Crippen LogP) is 1.46. The van der Waals surface area contributed by atoms with Crippen molar-refractivity contribution in [2.24, 2.45) is 0 Å². The molecule has 0 amide bonds. The molecule has 0 atom stereocenters. The third-order valence-electron chi connectivity index (χ3n) is 2.44. The Kier molecular flexibility index (Phi) is 1.42. The van der Waals surface area contributed by atoms with Crippen LogP contribution in [0, 0.1) is 0 Å². The van der Waals surface area contributed by atoms with E-state index in [4.69, 9.17) is 10.3 Å². The van der Waals surface area contributed by atoms with E-state index in [0.29, 0.717) is 5.58 Å². The molecule has 4 nitrogen and oxygen atoms in total. The van der Waals surface area contributed by atoms with Gasteiger partial charge in [0.1, 0.15) is 5.58 Å². The fraction of sp³-hybridized carbons (Fsp3) is 0. The van der Waals surface area contributed by atoms with Crippen molar-refractivity contribution >= 4 is 21.9 Å². The molecule has 0 saturated heterocycles. The summed E-state index contributed by atoms with van der Waals surface area (Å²) >= 11 is 0. The lowest BCUT2D eigenvalue weighted by molar-refractivity contribution is 0.662. The Morgan fingerprint density at radius 2 is 1.93 bits per heavy atom. The van der Waals surface area contributed by atoms with Gasteiger partial charge >= 0.3 is 0 Å². The summed E-state index contributed by atoms with van der Waals surface area (Å²) < 4.78 is 6.57. The molecule has 0 unspecified atom stereocenters. The van der Waals surface area contributed by atoms with Crippen molar-refractivity contribution in [3.05, 3.63) is 46.9 Å². The van der Waals surface area contributed by atoms with Crippen LogP contribution in [0.25, 0.3) is 21.9 Å². The number of hydrogen-bond acceptors (Lipinski definition) is 3. The van der Waals surface area contributed by atoms with Gasteiger partial charge in [0.25, 0.3) is 5.56 Å². The van der Waals surface area contributed by atoms with E-state index < -0.39 is 0 Å². The van der Waals surface area contributed by atoms with Crippen LogP contribution in [0.1, 0.15) is 0 Å². The number of furan rings is 1. The Balaban J connectivity index is 2.61. The Hall–Kier alpha value is -2.23. The second-order valence-corrected chi connectivity index (χ2v) is 3.40. The van der Waals surface area contributed by atoms with Gasteiger partial charge in [0, 0.05) is 16.8 Å². The quantitative estimate of drug-likeness (QED) is 0.559. The average molecular weight is 200 g/mol. The Morgan fingerprint density at radius 1 is 1.13 bits per heavy atom. The van der Waals surface area contributed by atoms with Gasteiger partial charge in [0.15, 0.2) is 5.58 Å². The van der Waals surface area contributed by atoms with Crippen molar-refractivity contribution in [3.63, 3.8) is 0 Å². The van der Waals surface area contributed by atoms with Gasteiger partial charge in [-0.05, 0) is 6.07 Å². The van der Waals surface area contributed by atoms with E-state index in [0.717, 1.165) is 21.0 Å². The van der Waals surface area contributed by atoms with Crippen molar-refractivity contribution in [1.29, 1.82) is 0 Å². The molecule has 2 heterocycles. The van der Waals surface area contributed by atoms with Gasteiger partial charge in [-0.25, -0.2) is 4.68 Å². The van der Waals surface area contributed by atoms with E-state index >= 15 is 0 Å². The van der Waals surface area contributed by atoms with Gasteiger partial charge in [-0.15, -0.1) is 0 Å². The van der Waals surface area contributed by atoms with Crippen LogP contribution < -0.4 is 11.4 Å². The summed E-state index contributed by atoms with van der Waals surface area (Å²) in [6, 6.07) is 9.06. The molecule has 2 aromatic heterocycles. The van der Waals surface area contributed by atoms with E-state index in [1.165, 1.54) is 12.3 Å². The minimum absolute atomic E-state index is 0.242. The molecule has 0 radical (unpaired) electrons. The molecule has 0 fully saturated rings. The third-order valence-corrected chi connectivity index (χ3v) is 2.44. The molecule has 74 valence electrons. The van der Waals surface area contributed by atoms with Gasteiger partial charge < -0.3 is 10.3 Å². The third kappa shape index (κ3) is 1.05. The minimum atomic E-state index is -0.242. The lowest BCUT2D eigenvalue weighted by atomic mass is 10.2. The maximum absolute atomic E-state index is 11.4. The molecule has 1 aromatic carbocycles. The monoisotopic (exact) mass is 200 g/mol. The maximum atomic E-state index is 11.4. The number of fused-ring (bicyclic) bond motifs is 3. The van der Waals surface area contributed by atoms with Crippen LogP contribution in [0.5, 0.6) is 0 Å². The highest BCUT2D eigenvalue weighted by atomic mass is 16.3. The highest BCUT2D eigenvalue weighted by molar-refractivity contribution is 6.04. The number of rotatable bonds is 0. The van der Waals surface area contributed by atoms with Gasteiger partial charge in [-0.1, -0.05) is 18.2 Å². The first kappa shape index (κ1) is 8.11. The van der Waals surface area contributed by atoms with Crippen molar-refractivity contribution in [2.45, 2.75) is 0 Å². The molecule has 2 N–H and O–H groups in total. The van der Waals surface area contributed by atoms with Gasteiger partial charge in [-0.3, -0.25) is 4.79 Å². The number of para-hydroxylation sites is 1. The highest BCUT2D eigenvalue weighted by Gasteiger charge is 2.07. The molecule has 3 aromatic rings. The fourth-order valence-electron chi connectivity index (χ4n) is 1.72. The van der Waals surface area contributed by atoms with E-state index in [-0.39, 0.29) is 5.56 Å². The lowest BCUT2D eigenvalue weighted by Crippen LogP contribution is -2.25. The summed E-state index contributed by atoms with van der Waals surface area (Å²) in [5, 5.41) is 1.74. The van der Waals surface area contributed by atoms with E-state index in [2.05, 4.69) is 0 Å². The van der Waals surface area contributed by atoms with Gasteiger partial charge in [-0.2, -0.15) is 0 Å². The normalized spacial score (nSPS) is 11.2. The molecule has 0 spiro atoms. The molecular formula is C11H8N2O2. The predicted molar refractivity (Wildman–Crippen MR) is 58.1 cm³/mol. The van der Waals surface area contributed by atoms with Gasteiger partial charge in [0.05, 0.1) is 6.20 Å². The topological polar surface area (TPSA) is 61.2 Å². The molecule has 0 bridgehead atoms. The zero-order valence-electron chi connectivity index (χ0n) is 7.81. The Bertz CT molecular complexity index is 709. The van der Waals surface area contributed by atoms with Crippen LogP contribution in [-0.2, 0) is 0 Å². The molecular weight excluding hydrogens is 192 g/mol. The number of hydrogen-bond donors (Lipinski definition) is 1. The second kappa shape index (κ2) is 2.63. The van der Waals surface area contributed by atoms with Crippen LogP contribution in [0.2, 0.25) is 0 Å². The number of nitrogen functional groups attached to an aromatic ring is 1. The summed E-state index contributed by atoms with van der Waals surface area (Å²) in [6.45, 7) is 0. The maximum Gasteiger partial charge on any atom is 0.269 e. The molecule has 0 saturated carbocycles. The number of nitrogens with zero attached hydrogens (tertiary/aromatic N) is 1. The number of aromatic nitrogens is 1. The van der Waals surface area contributed by atoms with Gasteiger partial charge in [0.2, 0.25) is 0 Å². The average Bonchev–Trinajstić information content (AvgIpc) is 2.57. The fourth-order valence-corrected chi connectivity index (χ4v) is 1.72. The van der Waals surface area contributed by atoms with Crippen molar-refractivity contribution in [2.75, 3.05) is 5.84 Å². The minimum Gasteiger partial charge on any atom is -0.454 e. The smallest absolute Gasteiger partial charge is 0.269 e. The van der Waals surface area contributed by atoms with Crippen LogP contribution in [0.15, 0.2) is 45.7 Å². The zero-order valence-corrected chi connectivity index (χ0v) is 7.81. The van der Waals surface area contributed by atoms with Crippen LogP contribution in [-0.4, -0.2) is 4.68 Å². The molecule has 15 heavy (non-hydrogen) atoms. The van der Waals surface area contributed by atoms with Crippen LogP contribution in [0.4, 0.5) is 0 Å². The lowest BCUT2D eigenvalue weighted by Gasteiger charge is -1.94. The Labute approximate surface area is 84.5 Å². The molecule has 0 aliphatic carbocycles. The first-order valence-electron chi connectivity index (χ1n) is 4.55. The second-order valence-electron chi connectivity index (χ2n) is 3.40. The summed E-state index contributed by atoms with van der Waals surface area (Å²) in [5.41, 5.74) is 1.14. The Morgan fingerprint density at radius 3 is 2.80 bits per heavy atom. The standard InChI is InChI=1S/C11H8N2O2/c12-13-6-10-8(5-11(13)14)7-3-1-2-4-9(7)15-10/h1-6H,12H2. The highest BCUT2D eigenvalue weighted by Crippen LogP contribution is 2.26. The molecule has 0 aliphatic heterocycles. The number of pyridine rings is 1. The van der Waals surface area contributed by atoms with Crippen molar-refractivity contribution in [3.8, 4) is 0 Å². The molecule has 3 rings (SSSR count). The summed E-state index contributed by atoms with van der Waals surface area (Å²) in [7, 11) is 0. The number of benzene rings is 1. The molecule has 4 heteroatoms. The molecule has 0 aliphatic rings. The summed E-state index contributed by atoms with van der Waals surface area (Å²) in [5.74, 6) is 5.45. The van der Waals surface area contributed by atoms with Crippen LogP contribution >= 0.6 is 0 Å². The number of nitrogens with two attached hydrogens (primary N) is 1. The van der Waals surface area contributed by atoms with E-state index in [1.54, 1.807) is 0 Å². The van der Waals surface area contributed by atoms with Crippen molar-refractivity contribution in [1.82, 2.24) is 4.68 Å². The summed E-state index contributed by atoms with van der Waals surface area (Å²) in [6.07, 6.45) is 1.50. The van der Waals surface area contributed by atoms with E-state index in [1.807, 2.05) is 24.3 Å². The zero-order chi connectivity index (χ0) is 10.4.